The van der Waals surface area contributed by atoms with Gasteiger partial charge in [-0.2, -0.15) is 0 Å². The van der Waals surface area contributed by atoms with Crippen LogP contribution in [0.1, 0.15) is 23.2 Å². The van der Waals surface area contributed by atoms with E-state index in [1.165, 1.54) is 0 Å². The number of rotatable bonds is 3. The molecule has 0 spiro atoms. The molecule has 0 aromatic heterocycles. The van der Waals surface area contributed by atoms with Crippen LogP contribution in [0.15, 0.2) is 29.2 Å². The standard InChI is InChI=1S/C14H18N2O3S/c1-20(19)12-6-4-10(5-7-12)14(18)16-8-2-3-11(9-16)13(15)17/h4-7,11H,2-3,8-9H2,1H3,(H2,15,17)/t11-,20-/m1/s1. The molecule has 1 saturated heterocycles. The van der Waals surface area contributed by atoms with Crippen molar-refractivity contribution in [3.05, 3.63) is 29.8 Å². The number of hydrogen-bond donors (Lipinski definition) is 1. The number of carbonyl (C=O) groups is 2. The van der Waals surface area contributed by atoms with Crippen LogP contribution in [0.2, 0.25) is 0 Å². The first-order valence-electron chi connectivity index (χ1n) is 6.51. The van der Waals surface area contributed by atoms with Gasteiger partial charge in [0.05, 0.1) is 5.92 Å². The van der Waals surface area contributed by atoms with Crippen molar-refractivity contribution in [1.82, 2.24) is 4.90 Å². The Morgan fingerprint density at radius 1 is 1.30 bits per heavy atom. The third-order valence-corrected chi connectivity index (χ3v) is 4.48. The SMILES string of the molecule is C[S@@](=O)c1ccc(C(=O)N2CCC[C@@H](C(N)=O)C2)cc1. The molecule has 1 aliphatic rings. The van der Waals surface area contributed by atoms with E-state index >= 15 is 0 Å². The minimum atomic E-state index is -1.05. The van der Waals surface area contributed by atoms with Gasteiger partial charge in [0, 0.05) is 40.6 Å². The second-order valence-electron chi connectivity index (χ2n) is 4.97. The number of benzene rings is 1. The molecule has 2 atom stereocenters. The van der Waals surface area contributed by atoms with E-state index in [4.69, 9.17) is 5.73 Å². The lowest BCUT2D eigenvalue weighted by atomic mass is 9.97. The molecule has 0 saturated carbocycles. The summed E-state index contributed by atoms with van der Waals surface area (Å²) in [5.41, 5.74) is 5.86. The molecule has 1 aromatic rings. The molecule has 1 aromatic carbocycles. The molecule has 108 valence electrons. The third kappa shape index (κ3) is 3.25. The Balaban J connectivity index is 2.10. The average Bonchev–Trinajstić information content (AvgIpc) is 2.46. The van der Waals surface area contributed by atoms with Crippen LogP contribution in [0.3, 0.4) is 0 Å². The van der Waals surface area contributed by atoms with E-state index in [1.807, 2.05) is 0 Å². The van der Waals surface area contributed by atoms with Crippen molar-refractivity contribution in [3.63, 3.8) is 0 Å². The molecule has 0 aliphatic carbocycles. The van der Waals surface area contributed by atoms with Crippen molar-refractivity contribution in [2.24, 2.45) is 11.7 Å². The van der Waals surface area contributed by atoms with Crippen LogP contribution < -0.4 is 5.73 Å². The quantitative estimate of drug-likeness (QED) is 0.893. The first-order valence-corrected chi connectivity index (χ1v) is 8.07. The Hall–Kier alpha value is -1.69. The summed E-state index contributed by atoms with van der Waals surface area (Å²) in [4.78, 5) is 25.9. The number of primary amides is 1. The van der Waals surface area contributed by atoms with Gasteiger partial charge in [-0.25, -0.2) is 0 Å². The van der Waals surface area contributed by atoms with Gasteiger partial charge in [0.25, 0.3) is 5.91 Å². The first kappa shape index (κ1) is 14.7. The second kappa shape index (κ2) is 6.17. The summed E-state index contributed by atoms with van der Waals surface area (Å²) in [6.07, 6.45) is 3.13. The molecule has 0 radical (unpaired) electrons. The first-order chi connectivity index (χ1) is 9.49. The number of nitrogens with zero attached hydrogens (tertiary/aromatic N) is 1. The molecule has 2 amide bonds. The maximum absolute atomic E-state index is 12.3. The van der Waals surface area contributed by atoms with Crippen LogP contribution in [-0.2, 0) is 15.6 Å². The Bertz CT molecular complexity index is 542. The van der Waals surface area contributed by atoms with Gasteiger partial charge in [-0.15, -0.1) is 0 Å². The molecule has 0 unspecified atom stereocenters. The predicted molar refractivity (Wildman–Crippen MR) is 76.6 cm³/mol. The van der Waals surface area contributed by atoms with Crippen molar-refractivity contribution in [3.8, 4) is 0 Å². The van der Waals surface area contributed by atoms with Gasteiger partial charge < -0.3 is 10.6 Å². The van der Waals surface area contributed by atoms with Crippen molar-refractivity contribution >= 4 is 22.6 Å². The summed E-state index contributed by atoms with van der Waals surface area (Å²) in [6.45, 7) is 1.03. The third-order valence-electron chi connectivity index (χ3n) is 3.54. The van der Waals surface area contributed by atoms with Crippen LogP contribution in [0.25, 0.3) is 0 Å². The lowest BCUT2D eigenvalue weighted by Crippen LogP contribution is -2.44. The van der Waals surface area contributed by atoms with E-state index in [9.17, 15) is 13.8 Å². The van der Waals surface area contributed by atoms with Crippen molar-refractivity contribution < 1.29 is 13.8 Å². The minimum absolute atomic E-state index is 0.107. The highest BCUT2D eigenvalue weighted by atomic mass is 32.2. The fourth-order valence-corrected chi connectivity index (χ4v) is 2.88. The largest absolute Gasteiger partial charge is 0.369 e. The van der Waals surface area contributed by atoms with Crippen LogP contribution in [0.4, 0.5) is 0 Å². The van der Waals surface area contributed by atoms with Crippen molar-refractivity contribution in [1.29, 1.82) is 0 Å². The minimum Gasteiger partial charge on any atom is -0.369 e. The van der Waals surface area contributed by atoms with Gasteiger partial charge >= 0.3 is 0 Å². The smallest absolute Gasteiger partial charge is 0.253 e. The number of piperidine rings is 1. The van der Waals surface area contributed by atoms with E-state index in [-0.39, 0.29) is 17.7 Å². The van der Waals surface area contributed by atoms with Crippen LogP contribution in [0, 0.1) is 5.92 Å². The lowest BCUT2D eigenvalue weighted by Gasteiger charge is -2.31. The fraction of sp³-hybridized carbons (Fsp3) is 0.429. The number of hydrogen-bond acceptors (Lipinski definition) is 3. The monoisotopic (exact) mass is 294 g/mol. The Kier molecular flexibility index (Phi) is 4.54. The van der Waals surface area contributed by atoms with E-state index in [0.29, 0.717) is 23.5 Å². The summed E-state index contributed by atoms with van der Waals surface area (Å²) in [5.74, 6) is -0.710. The molecule has 1 aliphatic heterocycles. The number of carbonyl (C=O) groups excluding carboxylic acids is 2. The highest BCUT2D eigenvalue weighted by molar-refractivity contribution is 7.84. The molecular weight excluding hydrogens is 276 g/mol. The maximum Gasteiger partial charge on any atom is 0.253 e. The molecular formula is C14H18N2O3S. The maximum atomic E-state index is 12.3. The van der Waals surface area contributed by atoms with Gasteiger partial charge in [0.15, 0.2) is 0 Å². The summed E-state index contributed by atoms with van der Waals surface area (Å²) in [5, 5.41) is 0. The highest BCUT2D eigenvalue weighted by Gasteiger charge is 2.27. The zero-order chi connectivity index (χ0) is 14.7. The molecule has 5 nitrogen and oxygen atoms in total. The summed E-state index contributed by atoms with van der Waals surface area (Å²) < 4.78 is 11.3. The molecule has 2 N–H and O–H groups in total. The van der Waals surface area contributed by atoms with Gasteiger partial charge in [-0.05, 0) is 37.1 Å². The predicted octanol–water partition coefficient (Wildman–Crippen LogP) is 0.761. The molecule has 2 rings (SSSR count). The summed E-state index contributed by atoms with van der Waals surface area (Å²) in [6, 6.07) is 6.73. The summed E-state index contributed by atoms with van der Waals surface area (Å²) in [7, 11) is -1.05. The normalized spacial score (nSPS) is 20.4. The number of likely N-dealkylation sites (tertiary alicyclic amines) is 1. The van der Waals surface area contributed by atoms with Crippen molar-refractivity contribution in [2.45, 2.75) is 17.7 Å². The van der Waals surface area contributed by atoms with E-state index in [2.05, 4.69) is 0 Å². The van der Waals surface area contributed by atoms with Crippen LogP contribution in [0.5, 0.6) is 0 Å². The molecule has 20 heavy (non-hydrogen) atoms. The molecule has 1 heterocycles. The lowest BCUT2D eigenvalue weighted by molar-refractivity contribution is -0.123. The average molecular weight is 294 g/mol. The number of amides is 2. The van der Waals surface area contributed by atoms with Crippen molar-refractivity contribution in [2.75, 3.05) is 19.3 Å². The molecule has 0 bridgehead atoms. The molecule has 1 fully saturated rings. The summed E-state index contributed by atoms with van der Waals surface area (Å²) >= 11 is 0. The Labute approximate surface area is 120 Å². The Morgan fingerprint density at radius 3 is 2.50 bits per heavy atom. The fourth-order valence-electron chi connectivity index (χ4n) is 2.37. The molecule has 6 heteroatoms. The topological polar surface area (TPSA) is 80.5 Å². The van der Waals surface area contributed by atoms with Gasteiger partial charge in [-0.1, -0.05) is 0 Å². The van der Waals surface area contributed by atoms with Gasteiger partial charge in [-0.3, -0.25) is 13.8 Å². The zero-order valence-corrected chi connectivity index (χ0v) is 12.2. The van der Waals surface area contributed by atoms with E-state index in [1.54, 1.807) is 35.4 Å². The zero-order valence-electron chi connectivity index (χ0n) is 11.4. The van der Waals surface area contributed by atoms with Gasteiger partial charge in [0.2, 0.25) is 5.91 Å². The van der Waals surface area contributed by atoms with E-state index < -0.39 is 10.8 Å². The highest BCUT2D eigenvalue weighted by Crippen LogP contribution is 2.19. The second-order valence-corrected chi connectivity index (χ2v) is 6.35. The Morgan fingerprint density at radius 2 is 1.95 bits per heavy atom. The van der Waals surface area contributed by atoms with E-state index in [0.717, 1.165) is 12.8 Å². The van der Waals surface area contributed by atoms with Gasteiger partial charge in [0.1, 0.15) is 0 Å². The van der Waals surface area contributed by atoms with Crippen LogP contribution in [-0.4, -0.2) is 40.3 Å². The van der Waals surface area contributed by atoms with Crippen LogP contribution >= 0.6 is 0 Å². The number of nitrogens with two attached hydrogens (primary N) is 1.